The van der Waals surface area contributed by atoms with Crippen molar-refractivity contribution in [3.8, 4) is 11.3 Å². The summed E-state index contributed by atoms with van der Waals surface area (Å²) in [5.74, 6) is -0.360. The lowest BCUT2D eigenvalue weighted by Crippen LogP contribution is -2.11. The van der Waals surface area contributed by atoms with Gasteiger partial charge in [-0.25, -0.2) is 9.07 Å². The van der Waals surface area contributed by atoms with E-state index in [4.69, 9.17) is 0 Å². The van der Waals surface area contributed by atoms with Crippen molar-refractivity contribution in [1.82, 2.24) is 15.0 Å². The fraction of sp³-hybridized carbons (Fsp3) is 0.176. The van der Waals surface area contributed by atoms with Gasteiger partial charge in [0.15, 0.2) is 0 Å². The van der Waals surface area contributed by atoms with Gasteiger partial charge in [-0.2, -0.15) is 0 Å². The molecule has 0 aliphatic carbocycles. The largest absolute Gasteiger partial charge is 0.390 e. The Morgan fingerprint density at radius 3 is 2.45 bits per heavy atom. The molecule has 1 atom stereocenters. The monoisotopic (exact) mass is 297 g/mol. The highest BCUT2D eigenvalue weighted by Crippen LogP contribution is 2.29. The molecule has 1 N–H and O–H groups in total. The summed E-state index contributed by atoms with van der Waals surface area (Å²) >= 11 is 0. The van der Waals surface area contributed by atoms with Gasteiger partial charge in [0.2, 0.25) is 0 Å². The van der Waals surface area contributed by atoms with Crippen LogP contribution < -0.4 is 0 Å². The van der Waals surface area contributed by atoms with Crippen molar-refractivity contribution in [2.24, 2.45) is 0 Å². The lowest BCUT2D eigenvalue weighted by atomic mass is 10.1. The van der Waals surface area contributed by atoms with Crippen LogP contribution in [0.1, 0.15) is 24.2 Å². The average molecular weight is 297 g/mol. The summed E-state index contributed by atoms with van der Waals surface area (Å²) in [5.41, 5.74) is 2.30. The maximum atomic E-state index is 14.2. The van der Waals surface area contributed by atoms with Crippen LogP contribution in [0.3, 0.4) is 0 Å². The minimum absolute atomic E-state index is 0.122. The topological polar surface area (TPSA) is 50.9 Å². The standard InChI is InChI=1S/C17H16FN3O/c1-12(13-7-3-2-4-8-13)21-17(16(11-22)19-20-21)14-9-5-6-10-15(14)18/h2-10,12,22H,11H2,1H3. The van der Waals surface area contributed by atoms with Crippen LogP contribution in [0.5, 0.6) is 0 Å². The zero-order valence-electron chi connectivity index (χ0n) is 12.1. The van der Waals surface area contributed by atoms with Gasteiger partial charge in [-0.05, 0) is 24.6 Å². The molecule has 2 aromatic carbocycles. The van der Waals surface area contributed by atoms with Crippen LogP contribution >= 0.6 is 0 Å². The van der Waals surface area contributed by atoms with Gasteiger partial charge >= 0.3 is 0 Å². The molecular formula is C17H16FN3O. The van der Waals surface area contributed by atoms with Crippen molar-refractivity contribution < 1.29 is 9.50 Å². The van der Waals surface area contributed by atoms with Gasteiger partial charge in [-0.1, -0.05) is 47.7 Å². The molecule has 1 aromatic heterocycles. The first-order valence-corrected chi connectivity index (χ1v) is 7.07. The van der Waals surface area contributed by atoms with Gasteiger partial charge in [0.25, 0.3) is 0 Å². The predicted octanol–water partition coefficient (Wildman–Crippen LogP) is 3.19. The van der Waals surface area contributed by atoms with Crippen LogP contribution in [0.25, 0.3) is 11.3 Å². The van der Waals surface area contributed by atoms with Gasteiger partial charge < -0.3 is 5.11 Å². The van der Waals surface area contributed by atoms with Crippen molar-refractivity contribution in [2.45, 2.75) is 19.6 Å². The molecule has 0 radical (unpaired) electrons. The Kier molecular flexibility index (Phi) is 3.98. The highest BCUT2D eigenvalue weighted by molar-refractivity contribution is 5.62. The minimum atomic E-state index is -0.360. The molecule has 0 bridgehead atoms. The second kappa shape index (κ2) is 6.07. The van der Waals surface area contributed by atoms with Gasteiger partial charge in [-0.3, -0.25) is 0 Å². The van der Waals surface area contributed by atoms with Gasteiger partial charge in [-0.15, -0.1) is 5.10 Å². The number of benzene rings is 2. The highest BCUT2D eigenvalue weighted by Gasteiger charge is 2.21. The normalized spacial score (nSPS) is 12.3. The predicted molar refractivity (Wildman–Crippen MR) is 81.6 cm³/mol. The molecule has 0 saturated carbocycles. The third-order valence-electron chi connectivity index (χ3n) is 3.69. The van der Waals surface area contributed by atoms with Gasteiger partial charge in [0, 0.05) is 5.56 Å². The van der Waals surface area contributed by atoms with Crippen LogP contribution in [0, 0.1) is 5.82 Å². The molecule has 1 heterocycles. The van der Waals surface area contributed by atoms with Gasteiger partial charge in [0.1, 0.15) is 11.5 Å². The molecule has 0 amide bonds. The number of rotatable bonds is 4. The minimum Gasteiger partial charge on any atom is -0.390 e. The van der Waals surface area contributed by atoms with E-state index >= 15 is 0 Å². The number of hydrogen-bond acceptors (Lipinski definition) is 3. The van der Waals surface area contributed by atoms with E-state index in [0.29, 0.717) is 17.0 Å². The highest BCUT2D eigenvalue weighted by atomic mass is 19.1. The first kappa shape index (κ1) is 14.4. The van der Waals surface area contributed by atoms with E-state index in [-0.39, 0.29) is 18.5 Å². The fourth-order valence-corrected chi connectivity index (χ4v) is 2.51. The second-order valence-corrected chi connectivity index (χ2v) is 5.05. The SMILES string of the molecule is CC(c1ccccc1)n1nnc(CO)c1-c1ccccc1F. The van der Waals surface area contributed by atoms with E-state index in [9.17, 15) is 9.50 Å². The molecule has 3 rings (SSSR count). The molecule has 112 valence electrons. The number of aromatic nitrogens is 3. The molecule has 0 fully saturated rings. The van der Waals surface area contributed by atoms with Crippen LogP contribution in [-0.4, -0.2) is 20.1 Å². The smallest absolute Gasteiger partial charge is 0.132 e. The Morgan fingerprint density at radius 1 is 1.09 bits per heavy atom. The van der Waals surface area contributed by atoms with Crippen LogP contribution in [-0.2, 0) is 6.61 Å². The summed E-state index contributed by atoms with van der Waals surface area (Å²) in [6.45, 7) is 1.68. The van der Waals surface area contributed by atoms with E-state index in [2.05, 4.69) is 10.3 Å². The van der Waals surface area contributed by atoms with E-state index in [1.807, 2.05) is 37.3 Å². The first-order chi connectivity index (χ1) is 10.7. The van der Waals surface area contributed by atoms with E-state index in [0.717, 1.165) is 5.56 Å². The molecule has 0 saturated heterocycles. The maximum Gasteiger partial charge on any atom is 0.132 e. The quantitative estimate of drug-likeness (QED) is 0.804. The van der Waals surface area contributed by atoms with E-state index in [1.54, 1.807) is 22.9 Å². The summed E-state index contributed by atoms with van der Waals surface area (Å²) in [4.78, 5) is 0. The Labute approximate surface area is 127 Å². The molecule has 0 aliphatic heterocycles. The molecule has 4 nitrogen and oxygen atoms in total. The lowest BCUT2D eigenvalue weighted by Gasteiger charge is -2.16. The number of aliphatic hydroxyl groups is 1. The average Bonchev–Trinajstić information content (AvgIpc) is 2.99. The Morgan fingerprint density at radius 2 is 1.77 bits per heavy atom. The van der Waals surface area contributed by atoms with Crippen LogP contribution in [0.4, 0.5) is 4.39 Å². The van der Waals surface area contributed by atoms with Gasteiger partial charge in [0.05, 0.1) is 18.3 Å². The Balaban J connectivity index is 2.14. The van der Waals surface area contributed by atoms with Crippen LogP contribution in [0.15, 0.2) is 54.6 Å². The lowest BCUT2D eigenvalue weighted by molar-refractivity contribution is 0.277. The van der Waals surface area contributed by atoms with Crippen LogP contribution in [0.2, 0.25) is 0 Å². The van der Waals surface area contributed by atoms with Crippen molar-refractivity contribution in [3.63, 3.8) is 0 Å². The number of aliphatic hydroxyl groups excluding tert-OH is 1. The second-order valence-electron chi connectivity index (χ2n) is 5.05. The molecule has 0 spiro atoms. The molecule has 1 unspecified atom stereocenters. The van der Waals surface area contributed by atoms with Crippen molar-refractivity contribution in [3.05, 3.63) is 71.7 Å². The zero-order valence-corrected chi connectivity index (χ0v) is 12.1. The summed E-state index contributed by atoms with van der Waals surface area (Å²) in [6.07, 6.45) is 0. The fourth-order valence-electron chi connectivity index (χ4n) is 2.51. The summed E-state index contributed by atoms with van der Waals surface area (Å²) in [6, 6.07) is 16.1. The first-order valence-electron chi connectivity index (χ1n) is 7.07. The van der Waals surface area contributed by atoms with Crippen molar-refractivity contribution >= 4 is 0 Å². The number of halogens is 1. The zero-order chi connectivity index (χ0) is 15.5. The number of nitrogens with zero attached hydrogens (tertiary/aromatic N) is 3. The van der Waals surface area contributed by atoms with E-state index < -0.39 is 0 Å². The third-order valence-corrected chi connectivity index (χ3v) is 3.69. The Hall–Kier alpha value is -2.53. The molecule has 5 heteroatoms. The third kappa shape index (κ3) is 2.51. The molecule has 22 heavy (non-hydrogen) atoms. The van der Waals surface area contributed by atoms with E-state index in [1.165, 1.54) is 6.07 Å². The van der Waals surface area contributed by atoms with Crippen molar-refractivity contribution in [1.29, 1.82) is 0 Å². The Bertz CT molecular complexity index is 771. The molecule has 3 aromatic rings. The molecular weight excluding hydrogens is 281 g/mol. The van der Waals surface area contributed by atoms with Crippen molar-refractivity contribution in [2.75, 3.05) is 0 Å². The number of hydrogen-bond donors (Lipinski definition) is 1. The maximum absolute atomic E-state index is 14.2. The summed E-state index contributed by atoms with van der Waals surface area (Å²) < 4.78 is 15.8. The summed E-state index contributed by atoms with van der Waals surface area (Å²) in [7, 11) is 0. The molecule has 0 aliphatic rings. The summed E-state index contributed by atoms with van der Waals surface area (Å²) in [5, 5.41) is 17.6.